The van der Waals surface area contributed by atoms with Crippen LogP contribution in [0.3, 0.4) is 0 Å². The number of aromatic hydroxyl groups is 1. The maximum Gasteiger partial charge on any atom is 0.250 e. The molecule has 31 heavy (non-hydrogen) atoms. The highest BCUT2D eigenvalue weighted by Crippen LogP contribution is 2.25. The summed E-state index contributed by atoms with van der Waals surface area (Å²) in [4.78, 5) is 16.9. The van der Waals surface area contributed by atoms with Crippen LogP contribution in [0.1, 0.15) is 11.1 Å². The number of hydrogen-bond acceptors (Lipinski definition) is 5. The molecule has 0 saturated carbocycles. The van der Waals surface area contributed by atoms with Crippen molar-refractivity contribution in [1.29, 1.82) is 0 Å². The Hall–Kier alpha value is -3.29. The summed E-state index contributed by atoms with van der Waals surface area (Å²) in [6.45, 7) is 0.622. The topological polar surface area (TPSA) is 79.5 Å². The van der Waals surface area contributed by atoms with Gasteiger partial charge in [-0.2, -0.15) is 5.10 Å². The molecule has 4 rings (SSSR count). The van der Waals surface area contributed by atoms with Crippen LogP contribution in [-0.4, -0.2) is 32.5 Å². The average Bonchev–Trinajstić information content (AvgIpc) is 3.11. The van der Waals surface area contributed by atoms with E-state index in [0.29, 0.717) is 17.1 Å². The molecule has 0 unspecified atom stereocenters. The molecule has 1 aromatic heterocycles. The van der Waals surface area contributed by atoms with E-state index in [1.165, 1.54) is 18.0 Å². The zero-order valence-corrected chi connectivity index (χ0v) is 18.0. The van der Waals surface area contributed by atoms with Crippen LogP contribution in [0.15, 0.2) is 83.1 Å². The van der Waals surface area contributed by atoms with Crippen LogP contribution in [0.2, 0.25) is 5.02 Å². The Balaban J connectivity index is 1.45. The summed E-state index contributed by atoms with van der Waals surface area (Å²) in [5, 5.41) is 14.9. The zero-order valence-electron chi connectivity index (χ0n) is 16.4. The van der Waals surface area contributed by atoms with E-state index >= 15 is 0 Å². The average molecular weight is 451 g/mol. The molecule has 0 aliphatic rings. The number of aromatic nitrogens is 2. The maximum atomic E-state index is 12.2. The molecule has 1 heterocycles. The molecule has 4 aromatic rings. The molecule has 0 fully saturated rings. The molecular formula is C23H19ClN4O2S. The number of halogens is 1. The van der Waals surface area contributed by atoms with E-state index in [1.54, 1.807) is 24.3 Å². The van der Waals surface area contributed by atoms with Gasteiger partial charge in [-0.3, -0.25) is 4.79 Å². The number of carbonyl (C=O) groups is 1. The van der Waals surface area contributed by atoms with Crippen LogP contribution < -0.4 is 5.43 Å². The Kier molecular flexibility index (Phi) is 6.54. The van der Waals surface area contributed by atoms with Crippen molar-refractivity contribution in [2.24, 2.45) is 5.10 Å². The van der Waals surface area contributed by atoms with Crippen LogP contribution in [0, 0.1) is 0 Å². The number of phenols is 1. The minimum atomic E-state index is -0.244. The number of rotatable bonds is 7. The Labute approximate surface area is 188 Å². The number of amides is 1. The Morgan fingerprint density at radius 2 is 1.94 bits per heavy atom. The van der Waals surface area contributed by atoms with Crippen LogP contribution in [-0.2, 0) is 11.3 Å². The van der Waals surface area contributed by atoms with Gasteiger partial charge in [-0.1, -0.05) is 59.8 Å². The first-order chi connectivity index (χ1) is 15.1. The number of nitrogens with one attached hydrogen (secondary N) is 1. The van der Waals surface area contributed by atoms with Crippen molar-refractivity contribution in [2.75, 3.05) is 5.75 Å². The molecule has 0 bridgehead atoms. The van der Waals surface area contributed by atoms with Gasteiger partial charge in [0.15, 0.2) is 5.16 Å². The van der Waals surface area contributed by atoms with Crippen molar-refractivity contribution in [3.63, 3.8) is 0 Å². The fraction of sp³-hybridized carbons (Fsp3) is 0.0870. The second-order valence-corrected chi connectivity index (χ2v) is 8.15. The lowest BCUT2D eigenvalue weighted by atomic mass is 10.2. The zero-order chi connectivity index (χ0) is 21.6. The minimum Gasteiger partial charge on any atom is -0.508 e. The number of hydrazone groups is 1. The highest BCUT2D eigenvalue weighted by Gasteiger charge is 2.13. The van der Waals surface area contributed by atoms with Crippen LogP contribution in [0.25, 0.3) is 11.0 Å². The summed E-state index contributed by atoms with van der Waals surface area (Å²) in [5.41, 5.74) is 6.17. The minimum absolute atomic E-state index is 0.144. The van der Waals surface area contributed by atoms with Crippen LogP contribution >= 0.6 is 23.4 Å². The first-order valence-electron chi connectivity index (χ1n) is 9.52. The smallest absolute Gasteiger partial charge is 0.250 e. The molecule has 0 spiro atoms. The van der Waals surface area contributed by atoms with E-state index in [9.17, 15) is 9.90 Å². The lowest BCUT2D eigenvalue weighted by Crippen LogP contribution is -2.20. The second kappa shape index (κ2) is 9.68. The number of carbonyl (C=O) groups excluding carboxylic acids is 1. The van der Waals surface area contributed by atoms with Gasteiger partial charge in [0.2, 0.25) is 0 Å². The third-order valence-electron chi connectivity index (χ3n) is 4.48. The molecule has 0 saturated heterocycles. The predicted octanol–water partition coefficient (Wildman–Crippen LogP) is 4.69. The fourth-order valence-corrected chi connectivity index (χ4v) is 3.97. The molecule has 1 amide bonds. The van der Waals surface area contributed by atoms with Gasteiger partial charge in [-0.15, -0.1) is 0 Å². The highest BCUT2D eigenvalue weighted by atomic mass is 35.5. The van der Waals surface area contributed by atoms with Crippen LogP contribution in [0.5, 0.6) is 5.75 Å². The van der Waals surface area contributed by atoms with E-state index in [1.807, 2.05) is 48.5 Å². The summed E-state index contributed by atoms with van der Waals surface area (Å²) in [6, 6.07) is 22.2. The number of para-hydroxylation sites is 2. The van der Waals surface area contributed by atoms with Crippen molar-refractivity contribution in [3.05, 3.63) is 88.9 Å². The summed E-state index contributed by atoms with van der Waals surface area (Å²) in [6.07, 6.45) is 1.48. The maximum absolute atomic E-state index is 12.2. The van der Waals surface area contributed by atoms with Crippen LogP contribution in [0.4, 0.5) is 0 Å². The molecular weight excluding hydrogens is 432 g/mol. The Bertz CT molecular complexity index is 1240. The molecule has 3 aromatic carbocycles. The SMILES string of the molecule is O=C(CSc1nc2ccccc2n1Cc1ccc(Cl)cc1)N/N=C/c1cccc(O)c1. The predicted molar refractivity (Wildman–Crippen MR) is 125 cm³/mol. The van der Waals surface area contributed by atoms with Gasteiger partial charge in [0.05, 0.1) is 29.5 Å². The first kappa shape index (κ1) is 21.0. The first-order valence-corrected chi connectivity index (χ1v) is 10.9. The van der Waals surface area contributed by atoms with Gasteiger partial charge in [-0.05, 0) is 47.5 Å². The number of fused-ring (bicyclic) bond motifs is 1. The van der Waals surface area contributed by atoms with E-state index in [4.69, 9.17) is 11.6 Å². The van der Waals surface area contributed by atoms with Crippen molar-refractivity contribution < 1.29 is 9.90 Å². The quantitative estimate of drug-likeness (QED) is 0.243. The summed E-state index contributed by atoms with van der Waals surface area (Å²) < 4.78 is 2.09. The van der Waals surface area contributed by atoms with Crippen molar-refractivity contribution in [1.82, 2.24) is 15.0 Å². The van der Waals surface area contributed by atoms with E-state index < -0.39 is 0 Å². The molecule has 0 radical (unpaired) electrons. The number of imidazole rings is 1. The van der Waals surface area contributed by atoms with Gasteiger partial charge in [0.25, 0.3) is 5.91 Å². The molecule has 0 aliphatic heterocycles. The summed E-state index contributed by atoms with van der Waals surface area (Å²) in [7, 11) is 0. The molecule has 0 aliphatic carbocycles. The monoisotopic (exact) mass is 450 g/mol. The van der Waals surface area contributed by atoms with Gasteiger partial charge in [0, 0.05) is 5.02 Å². The number of thioether (sulfide) groups is 1. The van der Waals surface area contributed by atoms with Crippen molar-refractivity contribution in [2.45, 2.75) is 11.7 Å². The third-order valence-corrected chi connectivity index (χ3v) is 5.71. The third kappa shape index (κ3) is 5.45. The fourth-order valence-electron chi connectivity index (χ4n) is 3.04. The lowest BCUT2D eigenvalue weighted by Gasteiger charge is -2.09. The molecule has 0 atom stereocenters. The lowest BCUT2D eigenvalue weighted by molar-refractivity contribution is -0.118. The standard InChI is InChI=1S/C23H19ClN4O2S/c24-18-10-8-16(9-11-18)14-28-21-7-2-1-6-20(21)26-23(28)31-15-22(30)27-25-13-17-4-3-5-19(29)12-17/h1-13,29H,14-15H2,(H,27,30)/b25-13+. The highest BCUT2D eigenvalue weighted by molar-refractivity contribution is 7.99. The molecule has 8 heteroatoms. The molecule has 156 valence electrons. The van der Waals surface area contributed by atoms with E-state index in [0.717, 1.165) is 21.8 Å². The number of phenolic OH excluding ortho intramolecular Hbond substituents is 1. The van der Waals surface area contributed by atoms with Gasteiger partial charge >= 0.3 is 0 Å². The van der Waals surface area contributed by atoms with E-state index in [-0.39, 0.29) is 17.4 Å². The molecule has 6 nitrogen and oxygen atoms in total. The number of benzene rings is 3. The number of nitrogens with zero attached hydrogens (tertiary/aromatic N) is 3. The normalized spacial score (nSPS) is 11.3. The second-order valence-electron chi connectivity index (χ2n) is 6.77. The van der Waals surface area contributed by atoms with Gasteiger partial charge in [-0.25, -0.2) is 10.4 Å². The summed E-state index contributed by atoms with van der Waals surface area (Å²) >= 11 is 7.35. The Morgan fingerprint density at radius 3 is 2.74 bits per heavy atom. The van der Waals surface area contributed by atoms with Gasteiger partial charge < -0.3 is 9.67 Å². The largest absolute Gasteiger partial charge is 0.508 e. The number of hydrogen-bond donors (Lipinski definition) is 2. The van der Waals surface area contributed by atoms with E-state index in [2.05, 4.69) is 20.1 Å². The Morgan fingerprint density at radius 1 is 1.13 bits per heavy atom. The van der Waals surface area contributed by atoms with Gasteiger partial charge in [0.1, 0.15) is 5.75 Å². The van der Waals surface area contributed by atoms with Crippen molar-refractivity contribution in [3.8, 4) is 5.75 Å². The van der Waals surface area contributed by atoms with Crippen molar-refractivity contribution >= 4 is 46.5 Å². The summed E-state index contributed by atoms with van der Waals surface area (Å²) in [5.74, 6) is 0.0679. The molecule has 2 N–H and O–H groups in total.